The van der Waals surface area contributed by atoms with Crippen LogP contribution in [0.25, 0.3) is 0 Å². The summed E-state index contributed by atoms with van der Waals surface area (Å²) in [5.74, 6) is 3.27. The van der Waals surface area contributed by atoms with Gasteiger partial charge in [0.15, 0.2) is 0 Å². The zero-order valence-electron chi connectivity index (χ0n) is 28.0. The number of rotatable bonds is 10. The summed E-state index contributed by atoms with van der Waals surface area (Å²) in [4.78, 5) is 1.22. The lowest BCUT2D eigenvalue weighted by molar-refractivity contribution is -0.230. The molecule has 9 N–H and O–H groups in total. The summed E-state index contributed by atoms with van der Waals surface area (Å²) in [5.41, 5.74) is 3.63. The summed E-state index contributed by atoms with van der Waals surface area (Å²) in [6.07, 6.45) is -5.67. The maximum atomic E-state index is 10.3. The lowest BCUT2D eigenvalue weighted by atomic mass is 9.94. The highest BCUT2D eigenvalue weighted by Crippen LogP contribution is 2.41. The third-order valence-corrected chi connectivity index (χ3v) is 11.9. The number of aromatic hydroxyl groups is 1. The van der Waals surface area contributed by atoms with Gasteiger partial charge in [0.25, 0.3) is 0 Å². The van der Waals surface area contributed by atoms with Crippen molar-refractivity contribution in [3.63, 3.8) is 0 Å². The average molecular weight is 812 g/mol. The minimum absolute atomic E-state index is 0.183. The fourth-order valence-corrected chi connectivity index (χ4v) is 8.67. The number of phenolic OH excluding ortho intramolecular Hbond substituents is 1. The van der Waals surface area contributed by atoms with E-state index in [4.69, 9.17) is 43.8 Å². The van der Waals surface area contributed by atoms with Gasteiger partial charge in [0.05, 0.1) is 21.9 Å². The number of hydrogen-bond donors (Lipinski definition) is 9. The molecule has 2 aromatic heterocycles. The van der Waals surface area contributed by atoms with E-state index in [1.807, 2.05) is 30.3 Å². The van der Waals surface area contributed by atoms with Gasteiger partial charge in [-0.1, -0.05) is 53.4 Å². The van der Waals surface area contributed by atoms with Crippen LogP contribution < -0.4 is 4.74 Å². The maximum absolute atomic E-state index is 10.3. The molecule has 0 saturated carbocycles. The Bertz CT molecular complexity index is 1810. The van der Waals surface area contributed by atoms with Crippen LogP contribution in [-0.4, -0.2) is 115 Å². The smallest absolute Gasteiger partial charge is 0.148 e. The molecule has 4 heterocycles. The van der Waals surface area contributed by atoms with E-state index in [0.717, 1.165) is 22.3 Å². The molecule has 12 nitrogen and oxygen atoms in total. The molecule has 286 valence electrons. The second kappa shape index (κ2) is 18.7. The Morgan fingerprint density at radius 2 is 1.06 bits per heavy atom. The maximum Gasteiger partial charge on any atom is 0.148 e. The SMILES string of the molecule is C#CCOc1ccc(Cc2cc([C@@H]3O[C@H](CO)[C@@H](O)[C@H](O)[C@H]3O)sc2Cl)cc1.OC[C@H]1O[C@@H](c2cc(Cc3ccc(O)cc3)c(Cl)s2)[C@H](O)[C@@H](O)[C@@H]1O. The van der Waals surface area contributed by atoms with Crippen molar-refractivity contribution in [2.45, 2.75) is 73.9 Å². The normalized spacial score (nSPS) is 28.5. The van der Waals surface area contributed by atoms with Crippen LogP contribution in [0.2, 0.25) is 8.67 Å². The van der Waals surface area contributed by atoms with Gasteiger partial charge in [-0.25, -0.2) is 0 Å². The summed E-state index contributed by atoms with van der Waals surface area (Å²) in [5, 5.41) is 88.2. The number of ether oxygens (including phenoxy) is 3. The molecule has 4 aromatic rings. The Morgan fingerprint density at radius 1 is 0.642 bits per heavy atom. The van der Waals surface area contributed by atoms with Crippen LogP contribution in [0.3, 0.4) is 0 Å². The molecule has 16 heteroatoms. The highest BCUT2D eigenvalue weighted by Gasteiger charge is 2.46. The summed E-state index contributed by atoms with van der Waals surface area (Å²) in [6.45, 7) is -0.736. The van der Waals surface area contributed by atoms with Crippen LogP contribution in [0, 0.1) is 12.3 Å². The first-order valence-corrected chi connectivity index (χ1v) is 18.8. The number of benzene rings is 2. The summed E-state index contributed by atoms with van der Waals surface area (Å²) in [6, 6.07) is 17.8. The third-order valence-electron chi connectivity index (χ3n) is 8.87. The lowest BCUT2D eigenvalue weighted by Crippen LogP contribution is -2.55. The fraction of sp³-hybridized carbons (Fsp3) is 0.405. The van der Waals surface area contributed by atoms with Crippen molar-refractivity contribution in [2.75, 3.05) is 19.8 Å². The van der Waals surface area contributed by atoms with E-state index in [1.165, 1.54) is 22.7 Å². The Hall–Kier alpha value is -2.82. The van der Waals surface area contributed by atoms with E-state index in [1.54, 1.807) is 30.3 Å². The molecule has 0 radical (unpaired) electrons. The minimum atomic E-state index is -1.42. The average Bonchev–Trinajstić information content (AvgIpc) is 3.71. The number of halogens is 2. The van der Waals surface area contributed by atoms with Gasteiger partial charge in [-0.15, -0.1) is 29.1 Å². The summed E-state index contributed by atoms with van der Waals surface area (Å²) >= 11 is 15.1. The van der Waals surface area contributed by atoms with E-state index in [9.17, 15) is 46.0 Å². The van der Waals surface area contributed by atoms with Gasteiger partial charge in [0.2, 0.25) is 0 Å². The van der Waals surface area contributed by atoms with Gasteiger partial charge in [0, 0.05) is 9.75 Å². The van der Waals surface area contributed by atoms with Crippen molar-refractivity contribution < 1.29 is 60.2 Å². The van der Waals surface area contributed by atoms with Crippen LogP contribution in [0.1, 0.15) is 44.2 Å². The lowest BCUT2D eigenvalue weighted by Gasteiger charge is -2.39. The van der Waals surface area contributed by atoms with Crippen LogP contribution in [0.15, 0.2) is 60.7 Å². The first-order chi connectivity index (χ1) is 25.3. The predicted octanol–water partition coefficient (Wildman–Crippen LogP) is 2.73. The van der Waals surface area contributed by atoms with E-state index in [2.05, 4.69) is 5.92 Å². The van der Waals surface area contributed by atoms with Crippen molar-refractivity contribution in [3.8, 4) is 23.8 Å². The molecule has 0 bridgehead atoms. The Balaban J connectivity index is 0.000000206. The summed E-state index contributed by atoms with van der Waals surface area (Å²) in [7, 11) is 0. The van der Waals surface area contributed by atoms with E-state index < -0.39 is 74.3 Å². The quantitative estimate of drug-likeness (QED) is 0.106. The molecule has 6 rings (SSSR count). The van der Waals surface area contributed by atoms with Crippen molar-refractivity contribution in [2.24, 2.45) is 0 Å². The zero-order valence-corrected chi connectivity index (χ0v) is 31.1. The first-order valence-electron chi connectivity index (χ1n) is 16.4. The zero-order chi connectivity index (χ0) is 38.4. The number of hydrogen-bond acceptors (Lipinski definition) is 14. The largest absolute Gasteiger partial charge is 0.508 e. The Morgan fingerprint density at radius 3 is 1.45 bits per heavy atom. The van der Waals surface area contributed by atoms with Crippen molar-refractivity contribution in [3.05, 3.63) is 101 Å². The highest BCUT2D eigenvalue weighted by molar-refractivity contribution is 7.16. The minimum Gasteiger partial charge on any atom is -0.508 e. The molecule has 0 spiro atoms. The number of aliphatic hydroxyl groups is 8. The molecule has 10 atom stereocenters. The van der Waals surface area contributed by atoms with Gasteiger partial charge in [-0.3, -0.25) is 0 Å². The molecular weight excluding hydrogens is 771 g/mol. The van der Waals surface area contributed by atoms with E-state index >= 15 is 0 Å². The molecule has 2 saturated heterocycles. The van der Waals surface area contributed by atoms with Crippen LogP contribution >= 0.6 is 45.9 Å². The van der Waals surface area contributed by atoms with Crippen LogP contribution in [-0.2, 0) is 22.3 Å². The van der Waals surface area contributed by atoms with E-state index in [0.29, 0.717) is 37.0 Å². The second-order valence-electron chi connectivity index (χ2n) is 12.6. The molecule has 0 aliphatic carbocycles. The van der Waals surface area contributed by atoms with Gasteiger partial charge in [-0.05, 0) is 71.5 Å². The molecule has 2 fully saturated rings. The topological polar surface area (TPSA) is 210 Å². The Labute approximate surface area is 323 Å². The Kier molecular flexibility index (Phi) is 14.6. The van der Waals surface area contributed by atoms with Gasteiger partial charge >= 0.3 is 0 Å². The molecule has 0 unspecified atom stereocenters. The highest BCUT2D eigenvalue weighted by atomic mass is 35.5. The van der Waals surface area contributed by atoms with Gasteiger partial charge in [-0.2, -0.15) is 0 Å². The third kappa shape index (κ3) is 9.90. The van der Waals surface area contributed by atoms with Crippen molar-refractivity contribution in [1.82, 2.24) is 0 Å². The van der Waals surface area contributed by atoms with Crippen molar-refractivity contribution in [1.29, 1.82) is 0 Å². The molecule has 0 amide bonds. The number of thiophene rings is 2. The second-order valence-corrected chi connectivity index (χ2v) is 15.9. The summed E-state index contributed by atoms with van der Waals surface area (Å²) < 4.78 is 17.6. The van der Waals surface area contributed by atoms with Gasteiger partial charge < -0.3 is 60.2 Å². The van der Waals surface area contributed by atoms with E-state index in [-0.39, 0.29) is 12.4 Å². The fourth-order valence-electron chi connectivity index (χ4n) is 5.93. The molecule has 53 heavy (non-hydrogen) atoms. The van der Waals surface area contributed by atoms with Crippen LogP contribution in [0.4, 0.5) is 0 Å². The standard InChI is InChI=1S/C20H21ClO6S.C17H19ClO6S/c1-2-7-26-13-5-3-11(4-6-13)8-12-9-15(28-20(12)21)19-18(25)17(24)16(23)14(10-22)27-19;18-17-9(5-8-1-3-10(20)4-2-8)6-12(25-17)16-15(23)14(22)13(21)11(7-19)24-16/h1,3-6,9,14,16-19,22-25H,7-8,10H2;1-4,6,11,13-16,19-23H,5,7H2/t14-,16-,17+,18-,19+;11-,13-,14+,15-,16+/m11/s1. The van der Waals surface area contributed by atoms with Crippen molar-refractivity contribution >= 4 is 45.9 Å². The number of phenols is 1. The first kappa shape index (κ1) is 41.3. The molecule has 2 aliphatic heterocycles. The molecule has 2 aliphatic rings. The number of terminal acetylenes is 1. The number of aliphatic hydroxyl groups excluding tert-OH is 8. The predicted molar refractivity (Wildman–Crippen MR) is 199 cm³/mol. The molecular formula is C37H40Cl2O12S2. The van der Waals surface area contributed by atoms with Gasteiger partial charge in [0.1, 0.15) is 79.1 Å². The monoisotopic (exact) mass is 810 g/mol. The van der Waals surface area contributed by atoms with Crippen LogP contribution in [0.5, 0.6) is 11.5 Å². The molecule has 2 aromatic carbocycles.